The van der Waals surface area contributed by atoms with Gasteiger partial charge < -0.3 is 0 Å². The molecule has 1 atom stereocenters. The predicted octanol–water partition coefficient (Wildman–Crippen LogP) is 6.04. The van der Waals surface area contributed by atoms with Crippen molar-refractivity contribution >= 4 is 5.57 Å². The van der Waals surface area contributed by atoms with E-state index in [2.05, 4.69) is 0 Å². The van der Waals surface area contributed by atoms with E-state index in [9.17, 15) is 22.0 Å². The standard InChI is InChI=1S/C19H15F5/c1-10-2-7-14(18(23)17(10)22)12-5-3-11(4-6-12)13-8-15(20)19(24)16(21)9-13/h2,5,7-9,11H,3-4,6H2,1H3. The van der Waals surface area contributed by atoms with E-state index in [1.165, 1.54) is 19.1 Å². The molecule has 5 heteroatoms. The molecule has 0 aromatic heterocycles. The Morgan fingerprint density at radius 2 is 1.54 bits per heavy atom. The summed E-state index contributed by atoms with van der Waals surface area (Å²) in [4.78, 5) is 0. The highest BCUT2D eigenvalue weighted by Crippen LogP contribution is 2.37. The summed E-state index contributed by atoms with van der Waals surface area (Å²) in [5, 5.41) is 0. The van der Waals surface area contributed by atoms with Crippen LogP contribution in [-0.2, 0) is 0 Å². The molecule has 1 unspecified atom stereocenters. The lowest BCUT2D eigenvalue weighted by Gasteiger charge is -2.23. The summed E-state index contributed by atoms with van der Waals surface area (Å²) in [5.41, 5.74) is 1.50. The van der Waals surface area contributed by atoms with Crippen LogP contribution in [-0.4, -0.2) is 0 Å². The summed E-state index contributed by atoms with van der Waals surface area (Å²) in [7, 11) is 0. The molecule has 2 aromatic carbocycles. The quantitative estimate of drug-likeness (QED) is 0.462. The van der Waals surface area contributed by atoms with Gasteiger partial charge in [0.15, 0.2) is 29.1 Å². The molecule has 0 fully saturated rings. The van der Waals surface area contributed by atoms with Gasteiger partial charge in [-0.05, 0) is 60.9 Å². The highest BCUT2D eigenvalue weighted by Gasteiger charge is 2.22. The molecule has 2 aromatic rings. The van der Waals surface area contributed by atoms with Gasteiger partial charge in [0.2, 0.25) is 0 Å². The Morgan fingerprint density at radius 1 is 0.875 bits per heavy atom. The van der Waals surface area contributed by atoms with E-state index in [-0.39, 0.29) is 17.0 Å². The minimum absolute atomic E-state index is 0.184. The summed E-state index contributed by atoms with van der Waals surface area (Å²) in [6.07, 6.45) is 3.14. The third-order valence-electron chi connectivity index (χ3n) is 4.51. The first-order chi connectivity index (χ1) is 11.4. The molecule has 0 heterocycles. The second kappa shape index (κ2) is 6.38. The zero-order valence-electron chi connectivity index (χ0n) is 13.0. The van der Waals surface area contributed by atoms with Crippen LogP contribution in [0.4, 0.5) is 22.0 Å². The minimum Gasteiger partial charge on any atom is -0.204 e. The van der Waals surface area contributed by atoms with E-state index >= 15 is 0 Å². The normalized spacial score (nSPS) is 17.8. The maximum absolute atomic E-state index is 14.1. The van der Waals surface area contributed by atoms with Crippen LogP contribution in [0.2, 0.25) is 0 Å². The molecule has 1 aliphatic carbocycles. The molecule has 1 aliphatic rings. The predicted molar refractivity (Wildman–Crippen MR) is 82.0 cm³/mol. The van der Waals surface area contributed by atoms with Crippen LogP contribution < -0.4 is 0 Å². The third-order valence-corrected chi connectivity index (χ3v) is 4.51. The zero-order valence-corrected chi connectivity index (χ0v) is 13.0. The topological polar surface area (TPSA) is 0 Å². The van der Waals surface area contributed by atoms with Gasteiger partial charge in [-0.25, -0.2) is 22.0 Å². The average Bonchev–Trinajstić information content (AvgIpc) is 2.57. The summed E-state index contributed by atoms with van der Waals surface area (Å²) in [5.74, 6) is -5.84. The van der Waals surface area contributed by atoms with Crippen molar-refractivity contribution in [3.63, 3.8) is 0 Å². The fourth-order valence-electron chi connectivity index (χ4n) is 3.09. The van der Waals surface area contributed by atoms with Crippen molar-refractivity contribution in [1.82, 2.24) is 0 Å². The Morgan fingerprint density at radius 3 is 2.12 bits per heavy atom. The first-order valence-electron chi connectivity index (χ1n) is 7.67. The van der Waals surface area contributed by atoms with E-state index in [1.54, 1.807) is 6.08 Å². The van der Waals surface area contributed by atoms with E-state index in [4.69, 9.17) is 0 Å². The lowest BCUT2D eigenvalue weighted by Crippen LogP contribution is -2.07. The zero-order chi connectivity index (χ0) is 17.4. The molecule has 0 bridgehead atoms. The van der Waals surface area contributed by atoms with Crippen molar-refractivity contribution in [3.05, 3.63) is 76.1 Å². The highest BCUT2D eigenvalue weighted by atomic mass is 19.2. The van der Waals surface area contributed by atoms with Crippen molar-refractivity contribution in [3.8, 4) is 0 Å². The van der Waals surface area contributed by atoms with Crippen molar-refractivity contribution in [1.29, 1.82) is 0 Å². The van der Waals surface area contributed by atoms with E-state index in [1.807, 2.05) is 0 Å². The largest absolute Gasteiger partial charge is 0.204 e. The first kappa shape index (κ1) is 16.7. The van der Waals surface area contributed by atoms with Crippen LogP contribution in [0, 0.1) is 36.0 Å². The minimum atomic E-state index is -1.48. The van der Waals surface area contributed by atoms with Gasteiger partial charge in [-0.1, -0.05) is 18.2 Å². The number of rotatable bonds is 2. The number of allylic oxidation sites excluding steroid dienone is 2. The Bertz CT molecular complexity index is 800. The summed E-state index contributed by atoms with van der Waals surface area (Å²) in [6.45, 7) is 1.49. The second-order valence-corrected chi connectivity index (χ2v) is 6.06. The summed E-state index contributed by atoms with van der Waals surface area (Å²) >= 11 is 0. The molecule has 0 saturated carbocycles. The van der Waals surface area contributed by atoms with Gasteiger partial charge in [0.05, 0.1) is 0 Å². The Labute approximate surface area is 136 Å². The fraction of sp³-hybridized carbons (Fsp3) is 0.263. The molecule has 126 valence electrons. The number of aryl methyl sites for hydroxylation is 1. The van der Waals surface area contributed by atoms with Crippen LogP contribution in [0.5, 0.6) is 0 Å². The van der Waals surface area contributed by atoms with Crippen molar-refractivity contribution in [2.45, 2.75) is 32.1 Å². The Balaban J connectivity index is 1.86. The van der Waals surface area contributed by atoms with Crippen molar-refractivity contribution < 1.29 is 22.0 Å². The van der Waals surface area contributed by atoms with Crippen molar-refractivity contribution in [2.24, 2.45) is 0 Å². The Hall–Kier alpha value is -2.17. The van der Waals surface area contributed by atoms with Gasteiger partial charge in [-0.3, -0.25) is 0 Å². The monoisotopic (exact) mass is 338 g/mol. The molecule has 0 radical (unpaired) electrons. The van der Waals surface area contributed by atoms with E-state index in [0.29, 0.717) is 30.4 Å². The Kier molecular flexibility index (Phi) is 4.43. The first-order valence-corrected chi connectivity index (χ1v) is 7.67. The molecule has 0 spiro atoms. The van der Waals surface area contributed by atoms with Gasteiger partial charge >= 0.3 is 0 Å². The van der Waals surface area contributed by atoms with Crippen molar-refractivity contribution in [2.75, 3.05) is 0 Å². The van der Waals surface area contributed by atoms with Gasteiger partial charge in [0, 0.05) is 5.56 Å². The lowest BCUT2D eigenvalue weighted by molar-refractivity contribution is 0.442. The average molecular weight is 338 g/mol. The second-order valence-electron chi connectivity index (χ2n) is 6.06. The molecule has 0 N–H and O–H groups in total. The number of hydrogen-bond donors (Lipinski definition) is 0. The van der Waals surface area contributed by atoms with E-state index in [0.717, 1.165) is 12.1 Å². The van der Waals surface area contributed by atoms with Gasteiger partial charge in [-0.15, -0.1) is 0 Å². The molecule has 0 amide bonds. The maximum Gasteiger partial charge on any atom is 0.194 e. The van der Waals surface area contributed by atoms with Gasteiger partial charge in [0.1, 0.15) is 0 Å². The van der Waals surface area contributed by atoms with Crippen LogP contribution in [0.3, 0.4) is 0 Å². The van der Waals surface area contributed by atoms with Crippen LogP contribution >= 0.6 is 0 Å². The lowest BCUT2D eigenvalue weighted by atomic mass is 9.82. The SMILES string of the molecule is Cc1ccc(C2=CCC(c3cc(F)c(F)c(F)c3)CC2)c(F)c1F. The molecule has 3 rings (SSSR count). The fourth-order valence-corrected chi connectivity index (χ4v) is 3.09. The highest BCUT2D eigenvalue weighted by molar-refractivity contribution is 5.67. The molecular formula is C19H15F5. The molecule has 0 saturated heterocycles. The summed E-state index contributed by atoms with van der Waals surface area (Å²) in [6, 6.07) is 5.05. The molecule has 0 aliphatic heterocycles. The van der Waals surface area contributed by atoms with Crippen LogP contribution in [0.25, 0.3) is 5.57 Å². The molecular weight excluding hydrogens is 323 g/mol. The molecule has 24 heavy (non-hydrogen) atoms. The van der Waals surface area contributed by atoms with Crippen LogP contribution in [0.15, 0.2) is 30.3 Å². The van der Waals surface area contributed by atoms with E-state index < -0.39 is 29.1 Å². The summed E-state index contributed by atoms with van der Waals surface area (Å²) < 4.78 is 67.5. The van der Waals surface area contributed by atoms with Gasteiger partial charge in [-0.2, -0.15) is 0 Å². The third kappa shape index (κ3) is 2.95. The van der Waals surface area contributed by atoms with Gasteiger partial charge in [0.25, 0.3) is 0 Å². The smallest absolute Gasteiger partial charge is 0.194 e. The molecule has 0 nitrogen and oxygen atoms in total. The van der Waals surface area contributed by atoms with Crippen LogP contribution in [0.1, 0.15) is 41.9 Å². The number of halogens is 5. The number of benzene rings is 2. The maximum atomic E-state index is 14.1. The number of hydrogen-bond acceptors (Lipinski definition) is 0.